The molecule has 0 aliphatic heterocycles. The van der Waals surface area contributed by atoms with Crippen LogP contribution in [-0.4, -0.2) is 11.9 Å². The fourth-order valence-electron chi connectivity index (χ4n) is 1.49. The van der Waals surface area contributed by atoms with Gasteiger partial charge in [-0.1, -0.05) is 13.3 Å². The lowest BCUT2D eigenvalue weighted by Gasteiger charge is -2.11. The molecule has 0 heterocycles. The van der Waals surface area contributed by atoms with E-state index in [1.165, 1.54) is 12.1 Å². The number of rotatable bonds is 4. The van der Waals surface area contributed by atoms with Gasteiger partial charge < -0.3 is 11.1 Å². The van der Waals surface area contributed by atoms with Crippen LogP contribution in [0.4, 0.5) is 10.1 Å². The van der Waals surface area contributed by atoms with Gasteiger partial charge in [0.15, 0.2) is 0 Å². The van der Waals surface area contributed by atoms with Crippen LogP contribution in [0.5, 0.6) is 0 Å². The average Bonchev–Trinajstić information content (AvgIpc) is 2.16. The third kappa shape index (κ3) is 3.62. The van der Waals surface area contributed by atoms with E-state index in [-0.39, 0.29) is 11.7 Å². The molecule has 0 spiro atoms. The lowest BCUT2D eigenvalue weighted by molar-refractivity contribution is -0.117. The Hall–Kier alpha value is -1.42. The molecule has 0 bridgehead atoms. The maximum absolute atomic E-state index is 13.0. The molecule has 1 amide bonds. The highest BCUT2D eigenvalue weighted by molar-refractivity contribution is 5.94. The van der Waals surface area contributed by atoms with Crippen molar-refractivity contribution in [2.24, 2.45) is 5.73 Å². The van der Waals surface area contributed by atoms with Crippen molar-refractivity contribution in [3.63, 3.8) is 0 Å². The fourth-order valence-corrected chi connectivity index (χ4v) is 1.49. The molecule has 88 valence electrons. The molecule has 3 N–H and O–H groups in total. The normalized spacial score (nSPS) is 12.2. The number of carbonyl (C=O) groups is 1. The molecule has 16 heavy (non-hydrogen) atoms. The van der Waals surface area contributed by atoms with Crippen molar-refractivity contribution in [1.29, 1.82) is 0 Å². The van der Waals surface area contributed by atoms with Crippen LogP contribution in [0.25, 0.3) is 0 Å². The summed E-state index contributed by atoms with van der Waals surface area (Å²) in [6, 6.07) is 3.86. The van der Waals surface area contributed by atoms with Crippen LogP contribution in [0.15, 0.2) is 18.2 Å². The Morgan fingerprint density at radius 3 is 2.75 bits per heavy atom. The van der Waals surface area contributed by atoms with Crippen molar-refractivity contribution in [2.45, 2.75) is 32.7 Å². The molecule has 0 fully saturated rings. The van der Waals surface area contributed by atoms with E-state index in [0.29, 0.717) is 12.1 Å². The molecular formula is C12H17FN2O. The van der Waals surface area contributed by atoms with E-state index < -0.39 is 6.04 Å². The van der Waals surface area contributed by atoms with Crippen LogP contribution in [0.2, 0.25) is 0 Å². The third-order valence-electron chi connectivity index (χ3n) is 2.25. The number of hydrogen-bond donors (Lipinski definition) is 2. The Bertz CT molecular complexity index is 359. The van der Waals surface area contributed by atoms with Crippen molar-refractivity contribution in [1.82, 2.24) is 0 Å². The van der Waals surface area contributed by atoms with Crippen LogP contribution in [0.3, 0.4) is 0 Å². The number of benzene rings is 1. The van der Waals surface area contributed by atoms with Gasteiger partial charge in [0.1, 0.15) is 5.82 Å². The monoisotopic (exact) mass is 224 g/mol. The Morgan fingerprint density at radius 2 is 2.19 bits per heavy atom. The summed E-state index contributed by atoms with van der Waals surface area (Å²) in [5, 5.41) is 2.60. The molecule has 1 rings (SSSR count). The van der Waals surface area contributed by atoms with Crippen molar-refractivity contribution < 1.29 is 9.18 Å². The van der Waals surface area contributed by atoms with E-state index in [9.17, 15) is 9.18 Å². The summed E-state index contributed by atoms with van der Waals surface area (Å²) < 4.78 is 13.0. The topological polar surface area (TPSA) is 55.1 Å². The minimum Gasteiger partial charge on any atom is -0.325 e. The number of hydrogen-bond acceptors (Lipinski definition) is 2. The summed E-state index contributed by atoms with van der Waals surface area (Å²) in [7, 11) is 0. The molecule has 0 aliphatic carbocycles. The van der Waals surface area contributed by atoms with E-state index in [0.717, 1.165) is 12.0 Å². The van der Waals surface area contributed by atoms with Gasteiger partial charge in [0.25, 0.3) is 0 Å². The molecule has 3 nitrogen and oxygen atoms in total. The molecule has 0 unspecified atom stereocenters. The van der Waals surface area contributed by atoms with Gasteiger partial charge in [0, 0.05) is 5.69 Å². The summed E-state index contributed by atoms with van der Waals surface area (Å²) in [5.74, 6) is -0.633. The van der Waals surface area contributed by atoms with Crippen LogP contribution in [0, 0.1) is 12.7 Å². The third-order valence-corrected chi connectivity index (χ3v) is 2.25. The second-order valence-electron chi connectivity index (χ2n) is 3.90. The van der Waals surface area contributed by atoms with Gasteiger partial charge in [-0.25, -0.2) is 4.39 Å². The van der Waals surface area contributed by atoms with Crippen LogP contribution in [0.1, 0.15) is 25.3 Å². The molecule has 0 saturated heterocycles. The van der Waals surface area contributed by atoms with Crippen LogP contribution in [-0.2, 0) is 4.79 Å². The zero-order valence-electron chi connectivity index (χ0n) is 9.59. The molecule has 0 radical (unpaired) electrons. The van der Waals surface area contributed by atoms with Crippen molar-refractivity contribution in [2.75, 3.05) is 5.32 Å². The van der Waals surface area contributed by atoms with Gasteiger partial charge in [-0.15, -0.1) is 0 Å². The van der Waals surface area contributed by atoms with Gasteiger partial charge in [-0.05, 0) is 37.1 Å². The first-order valence-electron chi connectivity index (χ1n) is 5.36. The van der Waals surface area contributed by atoms with E-state index in [4.69, 9.17) is 5.73 Å². The standard InChI is InChI=1S/C12H17FN2O/c1-3-4-11(14)12(16)15-10-6-8(2)5-9(13)7-10/h5-7,11H,3-4,14H2,1-2H3,(H,15,16)/t11-/m0/s1. The van der Waals surface area contributed by atoms with Gasteiger partial charge in [-0.2, -0.15) is 0 Å². The van der Waals surface area contributed by atoms with Gasteiger partial charge in [-0.3, -0.25) is 4.79 Å². The van der Waals surface area contributed by atoms with Crippen molar-refractivity contribution >= 4 is 11.6 Å². The van der Waals surface area contributed by atoms with E-state index in [2.05, 4.69) is 5.32 Å². The number of nitrogens with two attached hydrogens (primary N) is 1. The zero-order chi connectivity index (χ0) is 12.1. The molecule has 1 atom stereocenters. The highest BCUT2D eigenvalue weighted by Gasteiger charge is 2.12. The number of halogens is 1. The van der Waals surface area contributed by atoms with Crippen molar-refractivity contribution in [3.8, 4) is 0 Å². The lowest BCUT2D eigenvalue weighted by atomic mass is 10.1. The lowest BCUT2D eigenvalue weighted by Crippen LogP contribution is -2.35. The van der Waals surface area contributed by atoms with Crippen molar-refractivity contribution in [3.05, 3.63) is 29.6 Å². The van der Waals surface area contributed by atoms with Gasteiger partial charge in [0.05, 0.1) is 6.04 Å². The summed E-state index contributed by atoms with van der Waals surface area (Å²) in [5.41, 5.74) is 6.86. The second kappa shape index (κ2) is 5.61. The van der Waals surface area contributed by atoms with E-state index >= 15 is 0 Å². The summed E-state index contributed by atoms with van der Waals surface area (Å²) in [6.07, 6.45) is 1.47. The minimum absolute atomic E-state index is 0.271. The predicted octanol–water partition coefficient (Wildman–Crippen LogP) is 2.20. The highest BCUT2D eigenvalue weighted by atomic mass is 19.1. The van der Waals surface area contributed by atoms with Gasteiger partial charge in [0.2, 0.25) is 5.91 Å². The fraction of sp³-hybridized carbons (Fsp3) is 0.417. The quantitative estimate of drug-likeness (QED) is 0.823. The Balaban J connectivity index is 2.69. The van der Waals surface area contributed by atoms with E-state index in [1.54, 1.807) is 13.0 Å². The predicted molar refractivity (Wildman–Crippen MR) is 62.7 cm³/mol. The molecular weight excluding hydrogens is 207 g/mol. The van der Waals surface area contributed by atoms with Gasteiger partial charge >= 0.3 is 0 Å². The smallest absolute Gasteiger partial charge is 0.241 e. The Kier molecular flexibility index (Phi) is 4.43. The molecule has 1 aromatic carbocycles. The number of anilines is 1. The largest absolute Gasteiger partial charge is 0.325 e. The molecule has 1 aromatic rings. The Morgan fingerprint density at radius 1 is 1.50 bits per heavy atom. The summed E-state index contributed by atoms with van der Waals surface area (Å²) >= 11 is 0. The maximum Gasteiger partial charge on any atom is 0.241 e. The Labute approximate surface area is 94.8 Å². The molecule has 0 aliphatic rings. The first-order valence-corrected chi connectivity index (χ1v) is 5.36. The number of nitrogens with one attached hydrogen (secondary N) is 1. The number of carbonyl (C=O) groups excluding carboxylic acids is 1. The van der Waals surface area contributed by atoms with Crippen LogP contribution < -0.4 is 11.1 Å². The zero-order valence-corrected chi connectivity index (χ0v) is 9.59. The first-order chi connectivity index (χ1) is 7.52. The maximum atomic E-state index is 13.0. The molecule has 0 saturated carbocycles. The highest BCUT2D eigenvalue weighted by Crippen LogP contribution is 2.13. The summed E-state index contributed by atoms with van der Waals surface area (Å²) in [6.45, 7) is 3.73. The number of aryl methyl sites for hydroxylation is 1. The SMILES string of the molecule is CCC[C@H](N)C(=O)Nc1cc(C)cc(F)c1. The summed E-state index contributed by atoms with van der Waals surface area (Å²) in [4.78, 5) is 11.6. The first kappa shape index (κ1) is 12.6. The molecule has 0 aromatic heterocycles. The minimum atomic E-state index is -0.534. The van der Waals surface area contributed by atoms with E-state index in [1.807, 2.05) is 6.92 Å². The van der Waals surface area contributed by atoms with Crippen LogP contribution >= 0.6 is 0 Å². The average molecular weight is 224 g/mol. The molecule has 4 heteroatoms. The second-order valence-corrected chi connectivity index (χ2v) is 3.90. The number of amides is 1.